The number of carboxylic acid groups (broad SMARTS) is 1. The van der Waals surface area contributed by atoms with Crippen molar-refractivity contribution in [3.63, 3.8) is 0 Å². The lowest BCUT2D eigenvalue weighted by atomic mass is 10.1. The number of amides is 2. The average Bonchev–Trinajstić information content (AvgIpc) is 3.29. The highest BCUT2D eigenvalue weighted by Crippen LogP contribution is 2.32. The third-order valence-electron chi connectivity index (χ3n) is 4.92. The van der Waals surface area contributed by atoms with Gasteiger partial charge in [0.05, 0.1) is 11.1 Å². The van der Waals surface area contributed by atoms with Gasteiger partial charge in [-0.15, -0.1) is 0 Å². The SMILES string of the molecule is CCCCCC(N)=O.O=C(O)c1nnc(N2CCN(C(=O)c3ccccc3C(F)(F)F)CC2)o1. The molecule has 1 aromatic carbocycles. The van der Waals surface area contributed by atoms with Crippen molar-refractivity contribution in [3.05, 3.63) is 41.3 Å². The van der Waals surface area contributed by atoms with Crippen molar-refractivity contribution in [2.75, 3.05) is 31.1 Å². The van der Waals surface area contributed by atoms with Crippen LogP contribution in [0.2, 0.25) is 0 Å². The summed E-state index contributed by atoms with van der Waals surface area (Å²) < 4.78 is 44.2. The molecule has 3 rings (SSSR count). The first-order valence-electron chi connectivity index (χ1n) is 10.6. The minimum atomic E-state index is -4.62. The molecule has 186 valence electrons. The Kier molecular flexibility index (Phi) is 9.39. The summed E-state index contributed by atoms with van der Waals surface area (Å²) in [5, 5.41) is 15.7. The predicted molar refractivity (Wildman–Crippen MR) is 114 cm³/mol. The third-order valence-corrected chi connectivity index (χ3v) is 4.92. The second-order valence-corrected chi connectivity index (χ2v) is 7.44. The van der Waals surface area contributed by atoms with Crippen molar-refractivity contribution >= 4 is 23.8 Å². The van der Waals surface area contributed by atoms with E-state index in [1.165, 1.54) is 17.0 Å². The number of hydrogen-bond acceptors (Lipinski definition) is 7. The standard InChI is InChI=1S/C15H13F3N4O4.C6H13NO/c16-15(17,18)10-4-2-1-3-9(10)12(23)21-5-7-22(8-6-21)14-20-19-11(26-14)13(24)25;1-2-3-4-5-6(7)8/h1-4H,5-8H2,(H,24,25);2-5H2,1H3,(H2,7,8). The van der Waals surface area contributed by atoms with Gasteiger partial charge in [-0.1, -0.05) is 42.1 Å². The van der Waals surface area contributed by atoms with Crippen LogP contribution in [0.3, 0.4) is 0 Å². The summed E-state index contributed by atoms with van der Waals surface area (Å²) in [6.45, 7) is 2.81. The van der Waals surface area contributed by atoms with Crippen LogP contribution in [-0.2, 0) is 11.0 Å². The molecule has 0 unspecified atom stereocenters. The lowest BCUT2D eigenvalue weighted by molar-refractivity contribution is -0.138. The van der Waals surface area contributed by atoms with Crippen molar-refractivity contribution in [3.8, 4) is 0 Å². The van der Waals surface area contributed by atoms with Gasteiger partial charge in [0.25, 0.3) is 5.91 Å². The van der Waals surface area contributed by atoms with Crippen LogP contribution in [-0.4, -0.2) is 64.2 Å². The minimum absolute atomic E-state index is 0.00908. The van der Waals surface area contributed by atoms with Crippen LogP contribution in [0.15, 0.2) is 28.7 Å². The van der Waals surface area contributed by atoms with Crippen molar-refractivity contribution in [2.45, 2.75) is 38.8 Å². The van der Waals surface area contributed by atoms with E-state index in [9.17, 15) is 27.6 Å². The number of aromatic carboxylic acids is 1. The van der Waals surface area contributed by atoms with Gasteiger partial charge >= 0.3 is 24.1 Å². The number of aromatic nitrogens is 2. The Hall–Kier alpha value is -3.64. The van der Waals surface area contributed by atoms with Crippen molar-refractivity contribution in [2.24, 2.45) is 5.73 Å². The maximum atomic E-state index is 13.1. The van der Waals surface area contributed by atoms with E-state index in [0.717, 1.165) is 31.4 Å². The molecule has 1 fully saturated rings. The molecule has 13 heteroatoms. The number of benzene rings is 1. The van der Waals surface area contributed by atoms with Gasteiger partial charge in [0.2, 0.25) is 5.91 Å². The number of hydrogen-bond donors (Lipinski definition) is 2. The number of primary amides is 1. The molecule has 2 amide bonds. The molecule has 2 aromatic rings. The van der Waals surface area contributed by atoms with Gasteiger partial charge in [0, 0.05) is 32.6 Å². The number of unbranched alkanes of at least 4 members (excludes halogenated alkanes) is 2. The highest BCUT2D eigenvalue weighted by Gasteiger charge is 2.36. The van der Waals surface area contributed by atoms with Crippen molar-refractivity contribution in [1.29, 1.82) is 0 Å². The lowest BCUT2D eigenvalue weighted by Gasteiger charge is -2.34. The molecular formula is C21H26F3N5O5. The number of halogens is 3. The number of alkyl halides is 3. The Morgan fingerprint density at radius 2 is 1.74 bits per heavy atom. The van der Waals surface area contributed by atoms with E-state index in [4.69, 9.17) is 15.3 Å². The van der Waals surface area contributed by atoms with Gasteiger partial charge in [0.1, 0.15) is 0 Å². The number of nitrogens with two attached hydrogens (primary N) is 1. The lowest BCUT2D eigenvalue weighted by Crippen LogP contribution is -2.49. The van der Waals surface area contributed by atoms with Gasteiger partial charge in [-0.3, -0.25) is 9.59 Å². The number of anilines is 1. The van der Waals surface area contributed by atoms with E-state index in [-0.39, 0.29) is 38.1 Å². The van der Waals surface area contributed by atoms with Gasteiger partial charge < -0.3 is 25.1 Å². The average molecular weight is 485 g/mol. The maximum absolute atomic E-state index is 13.1. The van der Waals surface area contributed by atoms with Gasteiger partial charge in [-0.2, -0.15) is 13.2 Å². The van der Waals surface area contributed by atoms with Crippen LogP contribution in [0.5, 0.6) is 0 Å². The molecule has 1 aromatic heterocycles. The van der Waals surface area contributed by atoms with E-state index < -0.39 is 35.1 Å². The molecule has 3 N–H and O–H groups in total. The molecule has 0 radical (unpaired) electrons. The van der Waals surface area contributed by atoms with E-state index in [1.807, 2.05) is 0 Å². The molecule has 0 saturated carbocycles. The Morgan fingerprint density at radius 1 is 1.09 bits per heavy atom. The molecule has 34 heavy (non-hydrogen) atoms. The fourth-order valence-corrected chi connectivity index (χ4v) is 3.17. The molecule has 1 saturated heterocycles. The zero-order valence-electron chi connectivity index (χ0n) is 18.5. The molecule has 0 aliphatic carbocycles. The first kappa shape index (κ1) is 26.6. The number of rotatable bonds is 7. The molecule has 1 aliphatic rings. The van der Waals surface area contributed by atoms with Gasteiger partial charge in [-0.25, -0.2) is 4.79 Å². The number of piperazine rings is 1. The maximum Gasteiger partial charge on any atom is 0.417 e. The summed E-state index contributed by atoms with van der Waals surface area (Å²) in [4.78, 5) is 36.2. The van der Waals surface area contributed by atoms with E-state index >= 15 is 0 Å². The van der Waals surface area contributed by atoms with E-state index in [1.54, 1.807) is 4.90 Å². The molecule has 2 heterocycles. The van der Waals surface area contributed by atoms with Crippen LogP contribution in [0, 0.1) is 0 Å². The quantitative estimate of drug-likeness (QED) is 0.570. The second-order valence-electron chi connectivity index (χ2n) is 7.44. The van der Waals surface area contributed by atoms with Gasteiger partial charge in [-0.05, 0) is 18.6 Å². The van der Waals surface area contributed by atoms with Crippen LogP contribution < -0.4 is 10.6 Å². The number of nitrogens with zero attached hydrogens (tertiary/aromatic N) is 4. The molecular weight excluding hydrogens is 459 g/mol. The molecule has 10 nitrogen and oxygen atoms in total. The summed E-state index contributed by atoms with van der Waals surface area (Å²) >= 11 is 0. The topological polar surface area (TPSA) is 143 Å². The first-order valence-corrected chi connectivity index (χ1v) is 10.6. The van der Waals surface area contributed by atoms with Crippen LogP contribution in [0.25, 0.3) is 0 Å². The summed E-state index contributed by atoms with van der Waals surface area (Å²) in [6.07, 6.45) is -0.860. The predicted octanol–water partition coefficient (Wildman–Crippen LogP) is 2.80. The summed E-state index contributed by atoms with van der Waals surface area (Å²) in [6, 6.07) is 4.62. The van der Waals surface area contributed by atoms with Crippen LogP contribution in [0.4, 0.5) is 19.2 Å². The third kappa shape index (κ3) is 7.46. The molecule has 1 aliphatic heterocycles. The zero-order valence-corrected chi connectivity index (χ0v) is 18.5. The fraction of sp³-hybridized carbons (Fsp3) is 0.476. The normalized spacial score (nSPS) is 13.8. The smallest absolute Gasteiger partial charge is 0.417 e. The van der Waals surface area contributed by atoms with Crippen molar-refractivity contribution in [1.82, 2.24) is 15.1 Å². The van der Waals surface area contributed by atoms with Gasteiger partial charge in [0.15, 0.2) is 0 Å². The second kappa shape index (κ2) is 12.0. The fourth-order valence-electron chi connectivity index (χ4n) is 3.17. The number of carboxylic acids is 1. The Balaban J connectivity index is 0.000000440. The first-order chi connectivity index (χ1) is 16.0. The van der Waals surface area contributed by atoms with Crippen LogP contribution in [0.1, 0.15) is 59.2 Å². The molecule has 0 spiro atoms. The molecule has 0 atom stereocenters. The van der Waals surface area contributed by atoms with Crippen LogP contribution >= 0.6 is 0 Å². The summed E-state index contributed by atoms with van der Waals surface area (Å²) in [5.74, 6) is -2.81. The number of carbonyl (C=O) groups is 3. The minimum Gasteiger partial charge on any atom is -0.474 e. The highest BCUT2D eigenvalue weighted by atomic mass is 19.4. The summed E-state index contributed by atoms with van der Waals surface area (Å²) in [7, 11) is 0. The molecule has 0 bridgehead atoms. The van der Waals surface area contributed by atoms with E-state index in [0.29, 0.717) is 6.42 Å². The van der Waals surface area contributed by atoms with Crippen molar-refractivity contribution < 1.29 is 37.1 Å². The number of carbonyl (C=O) groups excluding carboxylic acids is 2. The monoisotopic (exact) mass is 485 g/mol. The Bertz CT molecular complexity index is 987. The highest BCUT2D eigenvalue weighted by molar-refractivity contribution is 5.96. The van der Waals surface area contributed by atoms with E-state index in [2.05, 4.69) is 17.1 Å². The zero-order chi connectivity index (χ0) is 25.3. The largest absolute Gasteiger partial charge is 0.474 e. The Morgan fingerprint density at radius 3 is 2.26 bits per heavy atom. The Labute approximate surface area is 193 Å². The summed E-state index contributed by atoms with van der Waals surface area (Å²) in [5.41, 5.74) is 3.51.